The van der Waals surface area contributed by atoms with Crippen molar-refractivity contribution < 1.29 is 0 Å². The van der Waals surface area contributed by atoms with Gasteiger partial charge in [0, 0.05) is 17.3 Å². The Morgan fingerprint density at radius 2 is 2.22 bits per heavy atom. The summed E-state index contributed by atoms with van der Waals surface area (Å²) in [7, 11) is 0. The van der Waals surface area contributed by atoms with Crippen molar-refractivity contribution in [1.29, 1.82) is 0 Å². The van der Waals surface area contributed by atoms with Gasteiger partial charge in [0.15, 0.2) is 0 Å². The Hall–Kier alpha value is -0.860. The number of hydrogen-bond donors (Lipinski definition) is 0. The number of nitrogens with zero attached hydrogens (tertiary/aromatic N) is 1. The van der Waals surface area contributed by atoms with Crippen LogP contribution in [0.5, 0.6) is 0 Å². The Balaban J connectivity index is 1.87. The van der Waals surface area contributed by atoms with E-state index in [1.165, 1.54) is 47.0 Å². The molecule has 3 rings (SSSR count). The van der Waals surface area contributed by atoms with Gasteiger partial charge < -0.3 is 0 Å². The largest absolute Gasteiger partial charge is 0.296 e. The fraction of sp³-hybridized carbons (Fsp3) is 0.500. The topological polar surface area (TPSA) is 3.24 Å². The molecule has 2 aromatic rings. The van der Waals surface area contributed by atoms with E-state index < -0.39 is 0 Å². The predicted molar refractivity (Wildman–Crippen MR) is 80.3 cm³/mol. The van der Waals surface area contributed by atoms with Crippen LogP contribution in [0.4, 0.5) is 0 Å². The number of rotatable bonds is 2. The van der Waals surface area contributed by atoms with Crippen molar-refractivity contribution in [3.05, 3.63) is 34.7 Å². The first kappa shape index (κ1) is 12.2. The molecule has 1 nitrogen and oxygen atoms in total. The summed E-state index contributed by atoms with van der Waals surface area (Å²) in [6.45, 7) is 6.96. The van der Waals surface area contributed by atoms with Crippen LogP contribution in [0, 0.1) is 6.92 Å². The molecule has 1 fully saturated rings. The molecule has 2 heterocycles. The molecule has 96 valence electrons. The zero-order valence-corrected chi connectivity index (χ0v) is 12.1. The van der Waals surface area contributed by atoms with Gasteiger partial charge in [0.2, 0.25) is 0 Å². The van der Waals surface area contributed by atoms with E-state index in [0.29, 0.717) is 0 Å². The molecule has 18 heavy (non-hydrogen) atoms. The summed E-state index contributed by atoms with van der Waals surface area (Å²) in [4.78, 5) is 2.65. The summed E-state index contributed by atoms with van der Waals surface area (Å²) < 4.78 is 1.43. The molecule has 1 aromatic heterocycles. The van der Waals surface area contributed by atoms with Crippen LogP contribution in [-0.4, -0.2) is 17.5 Å². The molecule has 1 aliphatic heterocycles. The Bertz CT molecular complexity index is 543. The first-order valence-electron chi connectivity index (χ1n) is 6.95. The molecule has 0 saturated carbocycles. The minimum absolute atomic E-state index is 0.749. The summed E-state index contributed by atoms with van der Waals surface area (Å²) in [5, 5.41) is 3.82. The monoisotopic (exact) mass is 259 g/mol. The number of benzene rings is 1. The highest BCUT2D eigenvalue weighted by Gasteiger charge is 2.19. The summed E-state index contributed by atoms with van der Waals surface area (Å²) in [5.74, 6) is 0. The van der Waals surface area contributed by atoms with Gasteiger partial charge in [-0.2, -0.15) is 0 Å². The minimum Gasteiger partial charge on any atom is -0.296 e. The molecular formula is C16H21NS. The van der Waals surface area contributed by atoms with Gasteiger partial charge in [0.05, 0.1) is 0 Å². The molecule has 0 amide bonds. The first-order chi connectivity index (χ1) is 8.74. The van der Waals surface area contributed by atoms with Crippen molar-refractivity contribution in [3.63, 3.8) is 0 Å². The van der Waals surface area contributed by atoms with E-state index in [-0.39, 0.29) is 0 Å². The number of piperidine rings is 1. The number of thiophene rings is 1. The minimum atomic E-state index is 0.749. The normalized spacial score (nSPS) is 21.6. The molecule has 1 saturated heterocycles. The predicted octanol–water partition coefficient (Wildman–Crippen LogP) is 4.58. The van der Waals surface area contributed by atoms with Crippen LogP contribution in [0.25, 0.3) is 10.1 Å². The SMILES string of the molecule is Cc1ccc2scc(CN3CCCCC3C)c2c1. The van der Waals surface area contributed by atoms with E-state index in [1.54, 1.807) is 0 Å². The number of likely N-dealkylation sites (tertiary alicyclic amines) is 1. The number of hydrogen-bond acceptors (Lipinski definition) is 2. The van der Waals surface area contributed by atoms with Crippen LogP contribution in [0.3, 0.4) is 0 Å². The third-order valence-electron chi connectivity index (χ3n) is 4.12. The van der Waals surface area contributed by atoms with Crippen LogP contribution in [0.1, 0.15) is 37.3 Å². The maximum Gasteiger partial charge on any atom is 0.0346 e. The second kappa shape index (κ2) is 5.02. The van der Waals surface area contributed by atoms with Crippen LogP contribution in [-0.2, 0) is 6.54 Å². The van der Waals surface area contributed by atoms with E-state index in [2.05, 4.69) is 42.3 Å². The standard InChI is InChI=1S/C16H21NS/c1-12-6-7-16-15(9-12)14(11-18-16)10-17-8-4-3-5-13(17)2/h6-7,9,11,13H,3-5,8,10H2,1-2H3. The van der Waals surface area contributed by atoms with Gasteiger partial charge in [-0.1, -0.05) is 24.1 Å². The second-order valence-electron chi connectivity index (χ2n) is 5.58. The van der Waals surface area contributed by atoms with Crippen LogP contribution < -0.4 is 0 Å². The Morgan fingerprint density at radius 1 is 1.33 bits per heavy atom. The van der Waals surface area contributed by atoms with Gasteiger partial charge in [-0.05, 0) is 55.6 Å². The van der Waals surface area contributed by atoms with E-state index in [1.807, 2.05) is 11.3 Å². The lowest BCUT2D eigenvalue weighted by Crippen LogP contribution is -2.36. The van der Waals surface area contributed by atoms with Crippen molar-refractivity contribution in [2.45, 2.75) is 45.7 Å². The van der Waals surface area contributed by atoms with Crippen molar-refractivity contribution >= 4 is 21.4 Å². The summed E-state index contributed by atoms with van der Waals surface area (Å²) in [6, 6.07) is 7.57. The first-order valence-corrected chi connectivity index (χ1v) is 7.83. The van der Waals surface area contributed by atoms with E-state index in [0.717, 1.165) is 12.6 Å². The molecule has 0 spiro atoms. The lowest BCUT2D eigenvalue weighted by Gasteiger charge is -2.33. The lowest BCUT2D eigenvalue weighted by atomic mass is 10.0. The fourth-order valence-electron chi connectivity index (χ4n) is 2.93. The molecule has 0 aliphatic carbocycles. The van der Waals surface area contributed by atoms with Crippen molar-refractivity contribution in [3.8, 4) is 0 Å². The van der Waals surface area contributed by atoms with Gasteiger partial charge in [-0.3, -0.25) is 4.90 Å². The second-order valence-corrected chi connectivity index (χ2v) is 6.49. The van der Waals surface area contributed by atoms with Crippen LogP contribution in [0.15, 0.2) is 23.6 Å². The summed E-state index contributed by atoms with van der Waals surface area (Å²) in [5.41, 5.74) is 2.89. The molecule has 0 N–H and O–H groups in total. The van der Waals surface area contributed by atoms with Gasteiger partial charge >= 0.3 is 0 Å². The van der Waals surface area contributed by atoms with Crippen molar-refractivity contribution in [1.82, 2.24) is 4.90 Å². The third-order valence-corrected chi connectivity index (χ3v) is 5.14. The highest BCUT2D eigenvalue weighted by atomic mass is 32.1. The summed E-state index contributed by atoms with van der Waals surface area (Å²) in [6.07, 6.45) is 4.13. The maximum absolute atomic E-state index is 2.65. The van der Waals surface area contributed by atoms with Crippen molar-refractivity contribution in [2.75, 3.05) is 6.54 Å². The Kier molecular flexibility index (Phi) is 3.40. The van der Waals surface area contributed by atoms with Gasteiger partial charge in [-0.15, -0.1) is 11.3 Å². The molecule has 2 heteroatoms. The maximum atomic E-state index is 2.65. The zero-order chi connectivity index (χ0) is 12.5. The smallest absolute Gasteiger partial charge is 0.0346 e. The average molecular weight is 259 g/mol. The Morgan fingerprint density at radius 3 is 3.06 bits per heavy atom. The fourth-order valence-corrected chi connectivity index (χ4v) is 3.86. The van der Waals surface area contributed by atoms with Crippen LogP contribution in [0.2, 0.25) is 0 Å². The summed E-state index contributed by atoms with van der Waals surface area (Å²) >= 11 is 1.89. The zero-order valence-electron chi connectivity index (χ0n) is 11.3. The lowest BCUT2D eigenvalue weighted by molar-refractivity contribution is 0.153. The van der Waals surface area contributed by atoms with E-state index in [4.69, 9.17) is 0 Å². The van der Waals surface area contributed by atoms with Gasteiger partial charge in [-0.25, -0.2) is 0 Å². The molecule has 1 atom stereocenters. The highest BCUT2D eigenvalue weighted by molar-refractivity contribution is 7.17. The van der Waals surface area contributed by atoms with Crippen molar-refractivity contribution in [2.24, 2.45) is 0 Å². The Labute approximate surface area is 113 Å². The number of aryl methyl sites for hydroxylation is 1. The molecule has 1 unspecified atom stereocenters. The highest BCUT2D eigenvalue weighted by Crippen LogP contribution is 2.29. The van der Waals surface area contributed by atoms with Crippen LogP contribution >= 0.6 is 11.3 Å². The quantitative estimate of drug-likeness (QED) is 0.763. The molecule has 1 aliphatic rings. The van der Waals surface area contributed by atoms with Gasteiger partial charge in [0.25, 0.3) is 0 Å². The molecular weight excluding hydrogens is 238 g/mol. The molecule has 1 aromatic carbocycles. The van der Waals surface area contributed by atoms with Gasteiger partial charge in [0.1, 0.15) is 0 Å². The average Bonchev–Trinajstić information content (AvgIpc) is 2.75. The molecule has 0 radical (unpaired) electrons. The molecule has 0 bridgehead atoms. The van der Waals surface area contributed by atoms with E-state index >= 15 is 0 Å². The number of fused-ring (bicyclic) bond motifs is 1. The van der Waals surface area contributed by atoms with E-state index in [9.17, 15) is 0 Å². The third kappa shape index (κ3) is 2.32.